The Morgan fingerprint density at radius 2 is 1.87 bits per heavy atom. The molecule has 1 amide bonds. The number of benzene rings is 2. The lowest BCUT2D eigenvalue weighted by molar-refractivity contribution is -0.120. The molecule has 0 unspecified atom stereocenters. The van der Waals surface area contributed by atoms with Crippen LogP contribution in [0.25, 0.3) is 11.0 Å². The van der Waals surface area contributed by atoms with Gasteiger partial charge >= 0.3 is 0 Å². The number of fused-ring (bicyclic) bond motifs is 1. The fourth-order valence-electron chi connectivity index (χ4n) is 3.45. The van der Waals surface area contributed by atoms with Crippen molar-refractivity contribution >= 4 is 28.5 Å². The number of para-hydroxylation sites is 2. The zero-order chi connectivity index (χ0) is 21.2. The van der Waals surface area contributed by atoms with Crippen LogP contribution in [-0.4, -0.2) is 28.6 Å². The molecular formula is C24H30ClN3O2. The highest BCUT2D eigenvalue weighted by Gasteiger charge is 2.10. The Balaban J connectivity index is 1.51. The summed E-state index contributed by atoms with van der Waals surface area (Å²) in [6, 6.07) is 15.8. The van der Waals surface area contributed by atoms with E-state index in [2.05, 4.69) is 28.1 Å². The summed E-state index contributed by atoms with van der Waals surface area (Å²) in [4.78, 5) is 16.2. The van der Waals surface area contributed by atoms with Crippen molar-refractivity contribution in [3.05, 3.63) is 59.4 Å². The molecule has 5 nitrogen and oxygen atoms in total. The van der Waals surface area contributed by atoms with Gasteiger partial charge in [0.25, 0.3) is 0 Å². The van der Waals surface area contributed by atoms with Gasteiger partial charge in [-0.05, 0) is 55.7 Å². The molecule has 0 saturated heterocycles. The Morgan fingerprint density at radius 1 is 1.07 bits per heavy atom. The Bertz CT molecular complexity index is 937. The number of carbonyl (C=O) groups is 1. The van der Waals surface area contributed by atoms with Crippen LogP contribution in [0.3, 0.4) is 0 Å². The lowest BCUT2D eigenvalue weighted by Crippen LogP contribution is -2.23. The van der Waals surface area contributed by atoms with Crippen LogP contribution in [0.4, 0.5) is 0 Å². The van der Waals surface area contributed by atoms with Crippen molar-refractivity contribution in [3.63, 3.8) is 0 Å². The summed E-state index contributed by atoms with van der Waals surface area (Å²) >= 11 is 5.92. The van der Waals surface area contributed by atoms with E-state index in [9.17, 15) is 4.79 Å². The number of imidazole rings is 1. The van der Waals surface area contributed by atoms with Crippen molar-refractivity contribution in [2.24, 2.45) is 0 Å². The van der Waals surface area contributed by atoms with E-state index in [1.165, 1.54) is 5.52 Å². The fourth-order valence-corrected chi connectivity index (χ4v) is 3.57. The number of rotatable bonds is 12. The summed E-state index contributed by atoms with van der Waals surface area (Å²) in [5, 5.41) is 3.65. The molecule has 3 aromatic rings. The largest absolute Gasteiger partial charge is 0.494 e. The molecule has 0 radical (unpaired) electrons. The third kappa shape index (κ3) is 6.49. The average Bonchev–Trinajstić information content (AvgIpc) is 3.12. The molecule has 0 aliphatic carbocycles. The minimum atomic E-state index is 0.123. The van der Waals surface area contributed by atoms with Gasteiger partial charge in [-0.1, -0.05) is 37.1 Å². The third-order valence-corrected chi connectivity index (χ3v) is 5.31. The first-order chi connectivity index (χ1) is 14.7. The number of halogens is 1. The van der Waals surface area contributed by atoms with Gasteiger partial charge in [0.15, 0.2) is 0 Å². The van der Waals surface area contributed by atoms with Crippen LogP contribution in [0, 0.1) is 0 Å². The molecule has 0 atom stereocenters. The normalized spacial score (nSPS) is 11.0. The highest BCUT2D eigenvalue weighted by molar-refractivity contribution is 6.30. The summed E-state index contributed by atoms with van der Waals surface area (Å²) in [5.41, 5.74) is 2.22. The van der Waals surface area contributed by atoms with Gasteiger partial charge in [0.2, 0.25) is 5.91 Å². The average molecular weight is 428 g/mol. The number of ether oxygens (including phenoxy) is 1. The monoisotopic (exact) mass is 427 g/mol. The SMILES string of the molecule is CCC(=O)NCCCCCc1nc2ccccc2n1CCCOc1ccc(Cl)cc1. The van der Waals surface area contributed by atoms with E-state index in [1.54, 1.807) is 0 Å². The standard InChI is InChI=1S/C24H30ClN3O2/c1-2-24(29)26-16-7-3-4-11-23-27-21-9-5-6-10-22(21)28(23)17-8-18-30-20-14-12-19(25)13-15-20/h5-6,9-10,12-15H,2-4,7-8,11,16-18H2,1H3,(H,26,29). The van der Waals surface area contributed by atoms with Gasteiger partial charge in [0.1, 0.15) is 11.6 Å². The maximum absolute atomic E-state index is 11.3. The number of nitrogens with one attached hydrogen (secondary N) is 1. The second-order valence-electron chi connectivity index (χ2n) is 7.34. The van der Waals surface area contributed by atoms with Crippen LogP contribution in [0.5, 0.6) is 5.75 Å². The van der Waals surface area contributed by atoms with E-state index in [0.717, 1.165) is 62.3 Å². The zero-order valence-electron chi connectivity index (χ0n) is 17.6. The molecule has 1 aromatic heterocycles. The van der Waals surface area contributed by atoms with Crippen molar-refractivity contribution in [2.75, 3.05) is 13.2 Å². The summed E-state index contributed by atoms with van der Waals surface area (Å²) < 4.78 is 8.16. The lowest BCUT2D eigenvalue weighted by atomic mass is 10.2. The summed E-state index contributed by atoms with van der Waals surface area (Å²) in [6.07, 6.45) is 5.53. The molecule has 0 aliphatic heterocycles. The molecule has 30 heavy (non-hydrogen) atoms. The Morgan fingerprint density at radius 3 is 2.67 bits per heavy atom. The minimum absolute atomic E-state index is 0.123. The Labute approximate surface area is 183 Å². The highest BCUT2D eigenvalue weighted by atomic mass is 35.5. The van der Waals surface area contributed by atoms with Crippen molar-refractivity contribution < 1.29 is 9.53 Å². The van der Waals surface area contributed by atoms with Gasteiger partial charge in [0.05, 0.1) is 17.6 Å². The molecular weight excluding hydrogens is 398 g/mol. The molecule has 0 spiro atoms. The van der Waals surface area contributed by atoms with E-state index < -0.39 is 0 Å². The molecule has 0 aliphatic rings. The van der Waals surface area contributed by atoms with Gasteiger partial charge < -0.3 is 14.6 Å². The molecule has 160 valence electrons. The molecule has 0 saturated carbocycles. The molecule has 0 fully saturated rings. The van der Waals surface area contributed by atoms with Gasteiger partial charge in [-0.15, -0.1) is 0 Å². The van der Waals surface area contributed by atoms with E-state index in [0.29, 0.717) is 18.1 Å². The lowest BCUT2D eigenvalue weighted by Gasteiger charge is -2.11. The van der Waals surface area contributed by atoms with Crippen LogP contribution >= 0.6 is 11.6 Å². The molecule has 1 N–H and O–H groups in total. The van der Waals surface area contributed by atoms with Crippen molar-refractivity contribution in [1.29, 1.82) is 0 Å². The topological polar surface area (TPSA) is 56.2 Å². The number of aromatic nitrogens is 2. The Hall–Kier alpha value is -2.53. The number of nitrogens with zero attached hydrogens (tertiary/aromatic N) is 2. The third-order valence-electron chi connectivity index (χ3n) is 5.06. The van der Waals surface area contributed by atoms with E-state index in [-0.39, 0.29) is 5.91 Å². The van der Waals surface area contributed by atoms with E-state index in [4.69, 9.17) is 21.3 Å². The molecule has 1 heterocycles. The molecule has 3 rings (SSSR count). The van der Waals surface area contributed by atoms with E-state index >= 15 is 0 Å². The van der Waals surface area contributed by atoms with Crippen LogP contribution in [0.2, 0.25) is 5.02 Å². The molecule has 6 heteroatoms. The first kappa shape index (κ1) is 22.2. The van der Waals surface area contributed by atoms with Crippen LogP contribution in [0.1, 0.15) is 44.9 Å². The first-order valence-corrected chi connectivity index (χ1v) is 11.1. The number of amides is 1. The summed E-state index contributed by atoms with van der Waals surface area (Å²) in [5.74, 6) is 2.09. The van der Waals surface area contributed by atoms with Gasteiger partial charge in [-0.3, -0.25) is 4.79 Å². The number of carbonyl (C=O) groups excluding carboxylic acids is 1. The molecule has 0 bridgehead atoms. The second-order valence-corrected chi connectivity index (χ2v) is 7.77. The predicted molar refractivity (Wildman–Crippen MR) is 122 cm³/mol. The van der Waals surface area contributed by atoms with Gasteiger partial charge in [0, 0.05) is 31.0 Å². The van der Waals surface area contributed by atoms with Crippen LogP contribution in [0.15, 0.2) is 48.5 Å². The zero-order valence-corrected chi connectivity index (χ0v) is 18.3. The number of hydrogen-bond acceptors (Lipinski definition) is 3. The number of hydrogen-bond donors (Lipinski definition) is 1. The van der Waals surface area contributed by atoms with E-state index in [1.807, 2.05) is 37.3 Å². The maximum Gasteiger partial charge on any atom is 0.219 e. The fraction of sp³-hybridized carbons (Fsp3) is 0.417. The van der Waals surface area contributed by atoms with Crippen molar-refractivity contribution in [2.45, 2.75) is 52.0 Å². The van der Waals surface area contributed by atoms with Crippen molar-refractivity contribution in [3.8, 4) is 5.75 Å². The number of unbranched alkanes of at least 4 members (excludes halogenated alkanes) is 2. The van der Waals surface area contributed by atoms with Crippen LogP contribution < -0.4 is 10.1 Å². The highest BCUT2D eigenvalue weighted by Crippen LogP contribution is 2.19. The minimum Gasteiger partial charge on any atom is -0.494 e. The maximum atomic E-state index is 11.3. The van der Waals surface area contributed by atoms with Gasteiger partial charge in [-0.25, -0.2) is 4.98 Å². The quantitative estimate of drug-likeness (QED) is 0.394. The number of aryl methyl sites for hydroxylation is 2. The smallest absolute Gasteiger partial charge is 0.219 e. The predicted octanol–water partition coefficient (Wildman–Crippen LogP) is 5.40. The first-order valence-electron chi connectivity index (χ1n) is 10.8. The molecule has 2 aromatic carbocycles. The Kier molecular flexibility index (Phi) is 8.57. The van der Waals surface area contributed by atoms with Crippen LogP contribution in [-0.2, 0) is 17.8 Å². The summed E-state index contributed by atoms with van der Waals surface area (Å²) in [7, 11) is 0. The van der Waals surface area contributed by atoms with Crippen molar-refractivity contribution in [1.82, 2.24) is 14.9 Å². The summed E-state index contributed by atoms with van der Waals surface area (Å²) in [6.45, 7) is 4.14. The van der Waals surface area contributed by atoms with Gasteiger partial charge in [-0.2, -0.15) is 0 Å². The second kappa shape index (κ2) is 11.6.